The number of hydrogen-bond donors (Lipinski definition) is 1. The topological polar surface area (TPSA) is 57.6 Å². The number of rotatable bonds is 9. The fourth-order valence-electron chi connectivity index (χ4n) is 5.62. The van der Waals surface area contributed by atoms with Crippen LogP contribution < -0.4 is 5.32 Å². The van der Waals surface area contributed by atoms with Crippen molar-refractivity contribution >= 4 is 33.4 Å². The molecule has 7 heteroatoms. The summed E-state index contributed by atoms with van der Waals surface area (Å²) in [5.74, 6) is -0.0118. The number of hydrogen-bond acceptors (Lipinski definition) is 4. The molecule has 1 aliphatic carbocycles. The zero-order valence-electron chi connectivity index (χ0n) is 21.3. The molecule has 1 aliphatic heterocycles. The molecule has 0 saturated heterocycles. The number of unbranched alkanes of at least 4 members (excludes halogenated alkanes) is 1. The molecule has 0 bridgehead atoms. The normalized spacial score (nSPS) is 22.1. The van der Waals surface area contributed by atoms with Gasteiger partial charge >= 0.3 is 0 Å². The molecule has 1 fully saturated rings. The van der Waals surface area contributed by atoms with Crippen molar-refractivity contribution in [2.75, 3.05) is 26.2 Å². The molecule has 34 heavy (non-hydrogen) atoms. The van der Waals surface area contributed by atoms with Crippen molar-refractivity contribution in [2.24, 2.45) is 0 Å². The average Bonchev–Trinajstić information content (AvgIpc) is 3.39. The zero-order valence-corrected chi connectivity index (χ0v) is 22.1. The summed E-state index contributed by atoms with van der Waals surface area (Å²) in [4.78, 5) is 32.0. The van der Waals surface area contributed by atoms with Crippen molar-refractivity contribution in [3.8, 4) is 0 Å². The average molecular weight is 487 g/mol. The first-order valence-corrected chi connectivity index (χ1v) is 14.3. The van der Waals surface area contributed by atoms with Crippen molar-refractivity contribution in [1.29, 1.82) is 0 Å². The van der Waals surface area contributed by atoms with E-state index in [0.717, 1.165) is 61.2 Å². The van der Waals surface area contributed by atoms with Gasteiger partial charge in [-0.3, -0.25) is 9.59 Å². The van der Waals surface area contributed by atoms with Gasteiger partial charge in [0.1, 0.15) is 11.2 Å². The highest BCUT2D eigenvalue weighted by atomic mass is 32.1. The maximum atomic E-state index is 13.9. The number of likely N-dealkylation sites (N-methyl/N-ethyl adjacent to an activating group) is 1. The van der Waals surface area contributed by atoms with Crippen LogP contribution in [0.15, 0.2) is 17.5 Å². The first-order chi connectivity index (χ1) is 16.5. The molecule has 0 unspecified atom stereocenters. The highest BCUT2D eigenvalue weighted by Crippen LogP contribution is 2.34. The van der Waals surface area contributed by atoms with Crippen LogP contribution in [0.3, 0.4) is 0 Å². The van der Waals surface area contributed by atoms with Gasteiger partial charge in [0.15, 0.2) is 0 Å². The Bertz CT molecular complexity index is 975. The lowest BCUT2D eigenvalue weighted by Crippen LogP contribution is -2.65. The molecule has 4 rings (SSSR count). The second-order valence-electron chi connectivity index (χ2n) is 10.3. The van der Waals surface area contributed by atoms with Crippen LogP contribution in [0.5, 0.6) is 0 Å². The minimum Gasteiger partial charge on any atom is -0.351 e. The van der Waals surface area contributed by atoms with Gasteiger partial charge in [0, 0.05) is 19.1 Å². The van der Waals surface area contributed by atoms with E-state index in [4.69, 9.17) is 0 Å². The number of thiophene rings is 1. The summed E-state index contributed by atoms with van der Waals surface area (Å²) >= 11 is 1.66. The molecular weight excluding hydrogens is 444 g/mol. The lowest BCUT2D eigenvalue weighted by molar-refractivity contribution is -0.133. The summed E-state index contributed by atoms with van der Waals surface area (Å²) in [5, 5.41) is 5.45. The SMILES string of the molecule is CCCCN(CC)CCN1C(=O)c2cc3sccc3n2C[C@]1(C)C(=O)NC1CCCCCCC1. The van der Waals surface area contributed by atoms with Crippen LogP contribution in [0, 0.1) is 0 Å². The Labute approximate surface area is 208 Å². The number of carbonyl (C=O) groups excluding carboxylic acids is 2. The molecule has 2 aromatic rings. The molecule has 2 amide bonds. The van der Waals surface area contributed by atoms with Crippen molar-refractivity contribution in [1.82, 2.24) is 19.7 Å². The van der Waals surface area contributed by atoms with Crippen LogP contribution >= 0.6 is 11.3 Å². The van der Waals surface area contributed by atoms with Gasteiger partial charge in [0.2, 0.25) is 5.91 Å². The fraction of sp³-hybridized carbons (Fsp3) is 0.704. The van der Waals surface area contributed by atoms with E-state index in [2.05, 4.69) is 40.1 Å². The Morgan fingerprint density at radius 3 is 2.62 bits per heavy atom. The molecule has 0 radical (unpaired) electrons. The number of nitrogens with zero attached hydrogens (tertiary/aromatic N) is 3. The van der Waals surface area contributed by atoms with Gasteiger partial charge < -0.3 is 19.7 Å². The number of amides is 2. The van der Waals surface area contributed by atoms with Crippen molar-refractivity contribution in [2.45, 2.75) is 96.7 Å². The van der Waals surface area contributed by atoms with Gasteiger partial charge in [-0.2, -0.15) is 0 Å². The van der Waals surface area contributed by atoms with E-state index in [1.54, 1.807) is 11.3 Å². The summed E-state index contributed by atoms with van der Waals surface area (Å²) in [6.07, 6.45) is 10.5. The van der Waals surface area contributed by atoms with Crippen LogP contribution in [0.25, 0.3) is 10.2 Å². The number of nitrogens with one attached hydrogen (secondary N) is 1. The Morgan fingerprint density at radius 2 is 1.91 bits per heavy atom. The van der Waals surface area contributed by atoms with Crippen LogP contribution in [0.4, 0.5) is 0 Å². The van der Waals surface area contributed by atoms with Crippen LogP contribution in [0.1, 0.15) is 89.0 Å². The smallest absolute Gasteiger partial charge is 0.271 e. The molecule has 0 aromatic carbocycles. The summed E-state index contributed by atoms with van der Waals surface area (Å²) in [6.45, 7) is 10.2. The summed E-state index contributed by atoms with van der Waals surface area (Å²) in [7, 11) is 0. The van der Waals surface area contributed by atoms with Gasteiger partial charge in [-0.25, -0.2) is 0 Å². The minimum atomic E-state index is -0.898. The molecule has 0 spiro atoms. The molecule has 1 N–H and O–H groups in total. The van der Waals surface area contributed by atoms with Crippen LogP contribution in [-0.4, -0.2) is 63.9 Å². The highest BCUT2D eigenvalue weighted by Gasteiger charge is 2.48. The Morgan fingerprint density at radius 1 is 1.18 bits per heavy atom. The zero-order chi connectivity index (χ0) is 24.1. The van der Waals surface area contributed by atoms with Gasteiger partial charge in [0.05, 0.1) is 16.8 Å². The number of carbonyl (C=O) groups is 2. The Kier molecular flexibility index (Phi) is 8.35. The van der Waals surface area contributed by atoms with Crippen molar-refractivity contribution in [3.63, 3.8) is 0 Å². The third-order valence-corrected chi connectivity index (χ3v) is 8.75. The second kappa shape index (κ2) is 11.3. The maximum Gasteiger partial charge on any atom is 0.271 e. The summed E-state index contributed by atoms with van der Waals surface area (Å²) < 4.78 is 3.20. The monoisotopic (exact) mass is 486 g/mol. The Hall–Kier alpha value is -1.86. The molecular formula is C27H42N4O2S. The standard InChI is InChI=1S/C27H42N4O2S/c1-4-6-15-29(5-2)16-17-31-25(32)23-19-24-22(14-18-34-24)30(23)20-27(31,3)26(33)28-21-12-10-8-7-9-11-13-21/h14,18-19,21H,4-13,15-17,20H2,1-3H3,(H,28,33)/t27-/m1/s1. The number of fused-ring (bicyclic) bond motifs is 3. The van der Waals surface area contributed by atoms with E-state index in [9.17, 15) is 9.59 Å². The van der Waals surface area contributed by atoms with E-state index >= 15 is 0 Å². The van der Waals surface area contributed by atoms with Crippen LogP contribution in [-0.2, 0) is 11.3 Å². The van der Waals surface area contributed by atoms with Gasteiger partial charge in [-0.15, -0.1) is 11.3 Å². The Balaban J connectivity index is 1.59. The molecule has 1 atom stereocenters. The molecule has 1 saturated carbocycles. The summed E-state index contributed by atoms with van der Waals surface area (Å²) in [5.41, 5.74) is 0.885. The van der Waals surface area contributed by atoms with Gasteiger partial charge in [-0.1, -0.05) is 52.4 Å². The maximum absolute atomic E-state index is 13.9. The summed E-state index contributed by atoms with van der Waals surface area (Å²) in [6, 6.07) is 4.30. The van der Waals surface area contributed by atoms with E-state index < -0.39 is 5.54 Å². The van der Waals surface area contributed by atoms with Crippen molar-refractivity contribution in [3.05, 3.63) is 23.2 Å². The van der Waals surface area contributed by atoms with Crippen molar-refractivity contribution < 1.29 is 9.59 Å². The van der Waals surface area contributed by atoms with E-state index in [1.165, 1.54) is 32.1 Å². The van der Waals surface area contributed by atoms with E-state index in [1.807, 2.05) is 17.9 Å². The lowest BCUT2D eigenvalue weighted by Gasteiger charge is -2.45. The molecule has 6 nitrogen and oxygen atoms in total. The molecule has 188 valence electrons. The van der Waals surface area contributed by atoms with E-state index in [-0.39, 0.29) is 17.9 Å². The molecule has 2 aliphatic rings. The molecule has 3 heterocycles. The number of aromatic nitrogens is 1. The van der Waals surface area contributed by atoms with E-state index in [0.29, 0.717) is 13.1 Å². The third-order valence-electron chi connectivity index (χ3n) is 7.89. The fourth-order valence-corrected chi connectivity index (χ4v) is 6.44. The third kappa shape index (κ3) is 5.20. The predicted octanol–water partition coefficient (Wildman–Crippen LogP) is 5.27. The first kappa shape index (κ1) is 25.2. The minimum absolute atomic E-state index is 0.00533. The first-order valence-electron chi connectivity index (χ1n) is 13.4. The quantitative estimate of drug-likeness (QED) is 0.525. The second-order valence-corrected chi connectivity index (χ2v) is 11.3. The predicted molar refractivity (Wildman–Crippen MR) is 141 cm³/mol. The largest absolute Gasteiger partial charge is 0.351 e. The molecule has 2 aromatic heterocycles. The van der Waals surface area contributed by atoms with Gasteiger partial charge in [-0.05, 0) is 56.8 Å². The van der Waals surface area contributed by atoms with Gasteiger partial charge in [0.25, 0.3) is 5.91 Å². The lowest BCUT2D eigenvalue weighted by atomic mass is 9.92. The van der Waals surface area contributed by atoms with Crippen LogP contribution in [0.2, 0.25) is 0 Å². The highest BCUT2D eigenvalue weighted by molar-refractivity contribution is 7.17.